The van der Waals surface area contributed by atoms with Gasteiger partial charge in [-0.1, -0.05) is 43.9 Å². The molecule has 1 unspecified atom stereocenters. The number of thiazole rings is 1. The van der Waals surface area contributed by atoms with E-state index in [9.17, 15) is 9.59 Å². The van der Waals surface area contributed by atoms with Crippen LogP contribution in [0.2, 0.25) is 0 Å². The fraction of sp³-hybridized carbons (Fsp3) is 0.500. The number of rotatable bonds is 3. The Morgan fingerprint density at radius 1 is 1.14 bits per heavy atom. The van der Waals surface area contributed by atoms with E-state index in [2.05, 4.69) is 15.2 Å². The van der Waals surface area contributed by atoms with E-state index in [0.717, 1.165) is 44.1 Å². The van der Waals surface area contributed by atoms with E-state index < -0.39 is 5.54 Å². The summed E-state index contributed by atoms with van der Waals surface area (Å²) >= 11 is 1.43. The van der Waals surface area contributed by atoms with E-state index in [1.165, 1.54) is 24.2 Å². The Morgan fingerprint density at radius 3 is 2.61 bits per heavy atom. The van der Waals surface area contributed by atoms with Crippen molar-refractivity contribution in [1.29, 1.82) is 0 Å². The lowest BCUT2D eigenvalue weighted by atomic mass is 9.70. The Labute approximate surface area is 169 Å². The summed E-state index contributed by atoms with van der Waals surface area (Å²) in [7, 11) is 0. The Balaban J connectivity index is 1.64. The second kappa shape index (κ2) is 6.99. The SMILES string of the molecule is O=C(Nc1nccs1)C1c2ccccc2C(=O)N(C2CCCC2)C12CCCC2. The zero-order chi connectivity index (χ0) is 19.1. The van der Waals surface area contributed by atoms with E-state index in [1.54, 1.807) is 6.20 Å². The van der Waals surface area contributed by atoms with Crippen molar-refractivity contribution >= 4 is 28.3 Å². The number of hydrogen-bond donors (Lipinski definition) is 1. The van der Waals surface area contributed by atoms with Gasteiger partial charge < -0.3 is 10.2 Å². The summed E-state index contributed by atoms with van der Waals surface area (Å²) in [6.07, 6.45) is 10.1. The maximum absolute atomic E-state index is 13.6. The Morgan fingerprint density at radius 2 is 1.89 bits per heavy atom. The summed E-state index contributed by atoms with van der Waals surface area (Å²) in [5.41, 5.74) is 1.19. The number of carbonyl (C=O) groups excluding carboxylic acids is 2. The Kier molecular flexibility index (Phi) is 4.46. The highest BCUT2D eigenvalue weighted by Gasteiger charge is 2.57. The highest BCUT2D eigenvalue weighted by Crippen LogP contribution is 2.52. The van der Waals surface area contributed by atoms with Gasteiger partial charge >= 0.3 is 0 Å². The third-order valence-electron chi connectivity index (χ3n) is 6.82. The first-order valence-electron chi connectivity index (χ1n) is 10.3. The lowest BCUT2D eigenvalue weighted by molar-refractivity contribution is -0.121. The standard InChI is InChI=1S/C22H25N3O2S/c26-19(24-21-23-13-14-28-21)18-16-9-3-4-10-17(16)20(27)25(15-7-1-2-8-15)22(18)11-5-6-12-22/h3-4,9-10,13-15,18H,1-2,5-8,11-12H2,(H,23,24,26). The van der Waals surface area contributed by atoms with E-state index in [0.29, 0.717) is 10.7 Å². The molecule has 1 aromatic heterocycles. The molecular formula is C22H25N3O2S. The van der Waals surface area contributed by atoms with Gasteiger partial charge in [-0.2, -0.15) is 0 Å². The normalized spacial score (nSPS) is 23.9. The van der Waals surface area contributed by atoms with Gasteiger partial charge in [0, 0.05) is 23.2 Å². The second-order valence-electron chi connectivity index (χ2n) is 8.27. The van der Waals surface area contributed by atoms with Crippen LogP contribution in [0.4, 0.5) is 5.13 Å². The van der Waals surface area contributed by atoms with Crippen LogP contribution in [0.3, 0.4) is 0 Å². The number of aromatic nitrogens is 1. The van der Waals surface area contributed by atoms with Crippen LogP contribution in [0.15, 0.2) is 35.8 Å². The zero-order valence-electron chi connectivity index (χ0n) is 15.9. The fourth-order valence-corrected chi connectivity index (χ4v) is 6.29. The van der Waals surface area contributed by atoms with Crippen molar-refractivity contribution in [2.45, 2.75) is 68.9 Å². The smallest absolute Gasteiger partial charge is 0.254 e. The van der Waals surface area contributed by atoms with Gasteiger partial charge in [0.25, 0.3) is 5.91 Å². The topological polar surface area (TPSA) is 62.3 Å². The molecule has 1 aromatic carbocycles. The molecule has 1 aliphatic heterocycles. The molecule has 5 rings (SSSR count). The van der Waals surface area contributed by atoms with Crippen LogP contribution in [0.25, 0.3) is 0 Å². The van der Waals surface area contributed by atoms with Crippen LogP contribution < -0.4 is 5.32 Å². The number of nitrogens with zero attached hydrogens (tertiary/aromatic N) is 2. The molecule has 2 aliphatic carbocycles. The zero-order valence-corrected chi connectivity index (χ0v) is 16.7. The minimum atomic E-state index is -0.401. The summed E-state index contributed by atoms with van der Waals surface area (Å²) in [5.74, 6) is -0.240. The van der Waals surface area contributed by atoms with Gasteiger partial charge in [0.2, 0.25) is 5.91 Å². The lowest BCUT2D eigenvalue weighted by Gasteiger charge is -2.52. The average molecular weight is 396 g/mol. The minimum absolute atomic E-state index is 0.0280. The van der Waals surface area contributed by atoms with E-state index in [1.807, 2.05) is 29.6 Å². The summed E-state index contributed by atoms with van der Waals surface area (Å²) in [6.45, 7) is 0. The van der Waals surface area contributed by atoms with Crippen molar-refractivity contribution in [2.24, 2.45) is 0 Å². The number of benzene rings is 1. The molecule has 5 nitrogen and oxygen atoms in total. The highest BCUT2D eigenvalue weighted by atomic mass is 32.1. The van der Waals surface area contributed by atoms with Crippen LogP contribution >= 0.6 is 11.3 Å². The first-order chi connectivity index (χ1) is 13.7. The van der Waals surface area contributed by atoms with Crippen LogP contribution in [-0.4, -0.2) is 33.3 Å². The van der Waals surface area contributed by atoms with Crippen molar-refractivity contribution in [1.82, 2.24) is 9.88 Å². The van der Waals surface area contributed by atoms with Crippen molar-refractivity contribution < 1.29 is 9.59 Å². The quantitative estimate of drug-likeness (QED) is 0.828. The van der Waals surface area contributed by atoms with Gasteiger partial charge in [-0.05, 0) is 37.3 Å². The van der Waals surface area contributed by atoms with Gasteiger partial charge in [0.15, 0.2) is 5.13 Å². The van der Waals surface area contributed by atoms with Crippen molar-refractivity contribution in [3.05, 3.63) is 47.0 Å². The highest BCUT2D eigenvalue weighted by molar-refractivity contribution is 7.13. The molecule has 0 bridgehead atoms. The van der Waals surface area contributed by atoms with Gasteiger partial charge in [0.05, 0.1) is 11.5 Å². The maximum Gasteiger partial charge on any atom is 0.254 e. The average Bonchev–Trinajstić information content (AvgIpc) is 3.46. The molecule has 1 spiro atoms. The molecule has 1 atom stereocenters. The van der Waals surface area contributed by atoms with Gasteiger partial charge in [-0.3, -0.25) is 9.59 Å². The van der Waals surface area contributed by atoms with Crippen LogP contribution in [-0.2, 0) is 4.79 Å². The third-order valence-corrected chi connectivity index (χ3v) is 7.51. The van der Waals surface area contributed by atoms with E-state index >= 15 is 0 Å². The third kappa shape index (κ3) is 2.69. The fourth-order valence-electron chi connectivity index (χ4n) is 5.76. The molecule has 2 heterocycles. The number of anilines is 1. The van der Waals surface area contributed by atoms with E-state index in [4.69, 9.17) is 0 Å². The molecule has 0 radical (unpaired) electrons. The molecule has 2 aromatic rings. The molecule has 3 aliphatic rings. The largest absolute Gasteiger partial charge is 0.329 e. The monoisotopic (exact) mass is 395 g/mol. The van der Waals surface area contributed by atoms with E-state index in [-0.39, 0.29) is 23.8 Å². The molecule has 0 saturated heterocycles. The molecule has 2 saturated carbocycles. The van der Waals surface area contributed by atoms with Crippen LogP contribution in [0, 0.1) is 0 Å². The first-order valence-corrected chi connectivity index (χ1v) is 11.2. The minimum Gasteiger partial charge on any atom is -0.329 e. The van der Waals surface area contributed by atoms with Gasteiger partial charge in [-0.15, -0.1) is 11.3 Å². The number of hydrogen-bond acceptors (Lipinski definition) is 4. The number of fused-ring (bicyclic) bond motifs is 1. The van der Waals surface area contributed by atoms with Crippen molar-refractivity contribution in [3.63, 3.8) is 0 Å². The van der Waals surface area contributed by atoms with Gasteiger partial charge in [-0.25, -0.2) is 4.98 Å². The molecule has 2 amide bonds. The summed E-state index contributed by atoms with van der Waals surface area (Å²) in [4.78, 5) is 33.6. The maximum atomic E-state index is 13.6. The molecule has 2 fully saturated rings. The predicted octanol–water partition coefficient (Wildman–Crippen LogP) is 4.58. The van der Waals surface area contributed by atoms with Crippen LogP contribution in [0.5, 0.6) is 0 Å². The van der Waals surface area contributed by atoms with Crippen molar-refractivity contribution in [2.75, 3.05) is 5.32 Å². The molecule has 1 N–H and O–H groups in total. The van der Waals surface area contributed by atoms with Crippen LogP contribution in [0.1, 0.15) is 73.2 Å². The summed E-state index contributed by atoms with van der Waals surface area (Å²) in [5, 5.41) is 5.53. The summed E-state index contributed by atoms with van der Waals surface area (Å²) in [6, 6.07) is 7.99. The number of carbonyl (C=O) groups is 2. The molecule has 6 heteroatoms. The predicted molar refractivity (Wildman–Crippen MR) is 110 cm³/mol. The number of amides is 2. The summed E-state index contributed by atoms with van der Waals surface area (Å²) < 4.78 is 0. The number of nitrogens with one attached hydrogen (secondary N) is 1. The first kappa shape index (κ1) is 17.9. The Bertz CT molecular complexity index is 883. The lowest BCUT2D eigenvalue weighted by Crippen LogP contribution is -2.62. The molecule has 28 heavy (non-hydrogen) atoms. The second-order valence-corrected chi connectivity index (χ2v) is 9.17. The molecule has 146 valence electrons. The molecular weight excluding hydrogens is 370 g/mol. The Hall–Kier alpha value is -2.21. The van der Waals surface area contributed by atoms with Gasteiger partial charge in [0.1, 0.15) is 0 Å². The van der Waals surface area contributed by atoms with Crippen molar-refractivity contribution in [3.8, 4) is 0 Å².